The number of methoxy groups -OCH3 is 1. The van der Waals surface area contributed by atoms with Crippen LogP contribution in [-0.4, -0.2) is 56.5 Å². The fourth-order valence-corrected chi connectivity index (χ4v) is 4.65. The Hall–Kier alpha value is -2.83. The summed E-state index contributed by atoms with van der Waals surface area (Å²) in [6, 6.07) is 13.9. The van der Waals surface area contributed by atoms with Gasteiger partial charge in [0.1, 0.15) is 17.1 Å². The molecular formula is C27H34N2O4. The van der Waals surface area contributed by atoms with Gasteiger partial charge in [-0.25, -0.2) is 0 Å². The van der Waals surface area contributed by atoms with Gasteiger partial charge in [-0.1, -0.05) is 12.1 Å². The van der Waals surface area contributed by atoms with Gasteiger partial charge in [0.15, 0.2) is 6.79 Å². The van der Waals surface area contributed by atoms with Crippen molar-refractivity contribution in [2.75, 3.05) is 40.1 Å². The van der Waals surface area contributed by atoms with Crippen molar-refractivity contribution in [3.63, 3.8) is 0 Å². The second-order valence-corrected chi connectivity index (χ2v) is 8.59. The largest absolute Gasteiger partial charge is 0.482 e. The molecule has 0 bridgehead atoms. The quantitative estimate of drug-likeness (QED) is 0.630. The van der Waals surface area contributed by atoms with E-state index in [0.717, 1.165) is 60.6 Å². The van der Waals surface area contributed by atoms with E-state index in [0.29, 0.717) is 18.7 Å². The summed E-state index contributed by atoms with van der Waals surface area (Å²) in [5.74, 6) is 1.66. The summed E-state index contributed by atoms with van der Waals surface area (Å²) in [4.78, 5) is 14.6. The van der Waals surface area contributed by atoms with Crippen molar-refractivity contribution in [1.82, 2.24) is 10.2 Å². The molecule has 2 aliphatic heterocycles. The van der Waals surface area contributed by atoms with Crippen LogP contribution in [0.2, 0.25) is 0 Å². The lowest BCUT2D eigenvalue weighted by atomic mass is 9.84. The highest BCUT2D eigenvalue weighted by molar-refractivity contribution is 5.95. The van der Waals surface area contributed by atoms with Gasteiger partial charge in [0.25, 0.3) is 5.91 Å². The Balaban J connectivity index is 1.73. The minimum Gasteiger partial charge on any atom is -0.482 e. The molecule has 6 nitrogen and oxygen atoms in total. The van der Waals surface area contributed by atoms with Crippen molar-refractivity contribution >= 4 is 11.5 Å². The fourth-order valence-electron chi connectivity index (χ4n) is 4.65. The van der Waals surface area contributed by atoms with E-state index >= 15 is 0 Å². The average Bonchev–Trinajstić information content (AvgIpc) is 3.08. The molecule has 1 fully saturated rings. The van der Waals surface area contributed by atoms with Crippen LogP contribution in [0.15, 0.2) is 48.5 Å². The van der Waals surface area contributed by atoms with E-state index in [4.69, 9.17) is 14.2 Å². The molecule has 2 aromatic rings. The van der Waals surface area contributed by atoms with Gasteiger partial charge in [-0.3, -0.25) is 4.79 Å². The summed E-state index contributed by atoms with van der Waals surface area (Å²) in [6.45, 7) is 7.53. The molecule has 0 aromatic heterocycles. The highest BCUT2D eigenvalue weighted by atomic mass is 16.7. The number of carbonyl (C=O) groups is 1. The molecule has 0 radical (unpaired) electrons. The molecule has 0 saturated carbocycles. The molecule has 4 rings (SSSR count). The Morgan fingerprint density at radius 3 is 2.61 bits per heavy atom. The molecule has 1 spiro atoms. The number of ether oxygens (including phenoxy) is 3. The first kappa shape index (κ1) is 23.3. The normalized spacial score (nSPS) is 19.8. The summed E-state index contributed by atoms with van der Waals surface area (Å²) in [6.07, 6.45) is 5.22. The molecule has 0 aliphatic carbocycles. The van der Waals surface area contributed by atoms with Gasteiger partial charge < -0.3 is 24.4 Å². The van der Waals surface area contributed by atoms with Crippen LogP contribution in [0.5, 0.6) is 11.5 Å². The van der Waals surface area contributed by atoms with Crippen LogP contribution in [0.25, 0.3) is 5.57 Å². The maximum atomic E-state index is 12.8. The first-order valence-electron chi connectivity index (χ1n) is 11.9. The monoisotopic (exact) mass is 450 g/mol. The zero-order valence-electron chi connectivity index (χ0n) is 19.9. The lowest BCUT2D eigenvalue weighted by Gasteiger charge is -2.36. The zero-order valence-corrected chi connectivity index (χ0v) is 19.9. The van der Waals surface area contributed by atoms with Gasteiger partial charge in [0.05, 0.1) is 0 Å². The summed E-state index contributed by atoms with van der Waals surface area (Å²) >= 11 is 0. The molecule has 1 amide bonds. The summed E-state index contributed by atoms with van der Waals surface area (Å²) < 4.78 is 17.4. The topological polar surface area (TPSA) is 60.0 Å². The summed E-state index contributed by atoms with van der Waals surface area (Å²) in [7, 11) is 1.61. The Bertz CT molecular complexity index is 988. The van der Waals surface area contributed by atoms with Crippen molar-refractivity contribution < 1.29 is 19.0 Å². The highest BCUT2D eigenvalue weighted by Gasteiger charge is 2.36. The number of amides is 1. The standard InChI is InChI=1S/C27H34N2O4/c1-4-29(5-2)26(30)21-9-7-20(8-10-21)24-18-27(13-6-15-28-16-14-27)33-25-12-11-22(17-23(24)25)32-19-31-3/h7-12,17-18,28H,4-6,13-16,19H2,1-3H3. The van der Waals surface area contributed by atoms with Crippen LogP contribution in [0.1, 0.15) is 54.6 Å². The lowest BCUT2D eigenvalue weighted by molar-refractivity contribution is 0.0508. The molecule has 1 unspecified atom stereocenters. The third-order valence-corrected chi connectivity index (χ3v) is 6.48. The minimum absolute atomic E-state index is 0.0643. The molecule has 2 aromatic carbocycles. The van der Waals surface area contributed by atoms with Crippen LogP contribution >= 0.6 is 0 Å². The Kier molecular flexibility index (Phi) is 7.36. The molecule has 2 aliphatic rings. The van der Waals surface area contributed by atoms with Crippen molar-refractivity contribution in [1.29, 1.82) is 0 Å². The third-order valence-electron chi connectivity index (χ3n) is 6.48. The molecule has 176 valence electrons. The summed E-state index contributed by atoms with van der Waals surface area (Å²) in [5, 5.41) is 3.49. The van der Waals surface area contributed by atoms with Crippen molar-refractivity contribution in [3.05, 3.63) is 65.2 Å². The van der Waals surface area contributed by atoms with Crippen LogP contribution in [0.4, 0.5) is 0 Å². The number of fused-ring (bicyclic) bond motifs is 1. The predicted octanol–water partition coefficient (Wildman–Crippen LogP) is 4.49. The fraction of sp³-hybridized carbons (Fsp3) is 0.444. The zero-order chi connectivity index (χ0) is 23.3. The van der Waals surface area contributed by atoms with E-state index in [2.05, 4.69) is 11.4 Å². The number of benzene rings is 2. The molecule has 33 heavy (non-hydrogen) atoms. The number of nitrogens with one attached hydrogen (secondary N) is 1. The van der Waals surface area contributed by atoms with Crippen molar-refractivity contribution in [2.45, 2.75) is 38.7 Å². The first-order chi connectivity index (χ1) is 16.1. The lowest BCUT2D eigenvalue weighted by Crippen LogP contribution is -2.37. The van der Waals surface area contributed by atoms with Gasteiger partial charge >= 0.3 is 0 Å². The maximum Gasteiger partial charge on any atom is 0.253 e. The molecule has 1 N–H and O–H groups in total. The predicted molar refractivity (Wildman–Crippen MR) is 130 cm³/mol. The van der Waals surface area contributed by atoms with E-state index in [9.17, 15) is 4.79 Å². The van der Waals surface area contributed by atoms with E-state index in [1.54, 1.807) is 7.11 Å². The maximum absolute atomic E-state index is 12.8. The Labute approximate surface area is 196 Å². The minimum atomic E-state index is -0.337. The number of carbonyl (C=O) groups excluding carboxylic acids is 1. The van der Waals surface area contributed by atoms with Gasteiger partial charge in [0.2, 0.25) is 0 Å². The second kappa shape index (κ2) is 10.4. The van der Waals surface area contributed by atoms with Crippen molar-refractivity contribution in [3.8, 4) is 11.5 Å². The van der Waals surface area contributed by atoms with Crippen molar-refractivity contribution in [2.24, 2.45) is 0 Å². The molecule has 2 heterocycles. The van der Waals surface area contributed by atoms with Gasteiger partial charge in [-0.05, 0) is 87.3 Å². The SMILES string of the molecule is CCN(CC)C(=O)c1ccc(C2=CC3(CCCNCC3)Oc3ccc(OCOC)cc32)cc1. The Morgan fingerprint density at radius 1 is 1.09 bits per heavy atom. The first-order valence-corrected chi connectivity index (χ1v) is 11.9. The number of rotatable bonds is 7. The molecule has 1 atom stereocenters. The van der Waals surface area contributed by atoms with E-state index in [1.807, 2.05) is 61.2 Å². The molecular weight excluding hydrogens is 416 g/mol. The van der Waals surface area contributed by atoms with Crippen LogP contribution < -0.4 is 14.8 Å². The smallest absolute Gasteiger partial charge is 0.253 e. The van der Waals surface area contributed by atoms with Gasteiger partial charge in [-0.2, -0.15) is 0 Å². The summed E-state index contributed by atoms with van der Waals surface area (Å²) in [5.41, 5.74) is 3.55. The number of hydrogen-bond acceptors (Lipinski definition) is 5. The van der Waals surface area contributed by atoms with E-state index in [1.165, 1.54) is 0 Å². The highest BCUT2D eigenvalue weighted by Crippen LogP contribution is 2.44. The van der Waals surface area contributed by atoms with Gasteiger partial charge in [-0.15, -0.1) is 0 Å². The van der Waals surface area contributed by atoms with E-state index < -0.39 is 0 Å². The average molecular weight is 451 g/mol. The van der Waals surface area contributed by atoms with Crippen LogP contribution in [-0.2, 0) is 4.74 Å². The molecule has 1 saturated heterocycles. The van der Waals surface area contributed by atoms with Gasteiger partial charge in [0, 0.05) is 37.7 Å². The van der Waals surface area contributed by atoms with E-state index in [-0.39, 0.29) is 18.3 Å². The second-order valence-electron chi connectivity index (χ2n) is 8.59. The Morgan fingerprint density at radius 2 is 1.88 bits per heavy atom. The van der Waals surface area contributed by atoms with Crippen LogP contribution in [0, 0.1) is 0 Å². The molecule has 6 heteroatoms. The number of nitrogens with zero attached hydrogens (tertiary/aromatic N) is 1. The third kappa shape index (κ3) is 5.07. The van der Waals surface area contributed by atoms with Crippen LogP contribution in [0.3, 0.4) is 0 Å². The number of hydrogen-bond donors (Lipinski definition) is 1.